The Kier molecular flexibility index (Phi) is 8.88. The number of hydrogen-bond donors (Lipinski definition) is 3. The van der Waals surface area contributed by atoms with E-state index in [1.54, 1.807) is 0 Å². The van der Waals surface area contributed by atoms with E-state index in [0.29, 0.717) is 25.1 Å². The van der Waals surface area contributed by atoms with Crippen molar-refractivity contribution in [2.45, 2.75) is 64.1 Å². The van der Waals surface area contributed by atoms with Crippen LogP contribution in [0, 0.1) is 6.92 Å². The van der Waals surface area contributed by atoms with E-state index < -0.39 is 5.60 Å². The SMILES string of the molecule is Cc1nnc(CN=C(NCC(C)(O)c2ccccc2)NC2CCCCC2)n1C.I. The smallest absolute Gasteiger partial charge is 0.192 e. The zero-order valence-corrected chi connectivity index (χ0v) is 19.9. The van der Waals surface area contributed by atoms with Gasteiger partial charge in [-0.2, -0.15) is 0 Å². The lowest BCUT2D eigenvalue weighted by Gasteiger charge is -2.28. The first-order chi connectivity index (χ1) is 13.5. The van der Waals surface area contributed by atoms with Crippen LogP contribution in [0.2, 0.25) is 0 Å². The van der Waals surface area contributed by atoms with E-state index in [-0.39, 0.29) is 24.0 Å². The van der Waals surface area contributed by atoms with Crippen LogP contribution in [0.1, 0.15) is 56.2 Å². The van der Waals surface area contributed by atoms with Gasteiger partial charge in [-0.05, 0) is 32.3 Å². The van der Waals surface area contributed by atoms with Gasteiger partial charge in [-0.1, -0.05) is 49.6 Å². The predicted octanol–water partition coefficient (Wildman–Crippen LogP) is 3.02. The topological polar surface area (TPSA) is 87.4 Å². The van der Waals surface area contributed by atoms with Gasteiger partial charge in [0.1, 0.15) is 18.0 Å². The van der Waals surface area contributed by atoms with Gasteiger partial charge in [0.2, 0.25) is 0 Å². The van der Waals surface area contributed by atoms with Crippen molar-refractivity contribution in [1.29, 1.82) is 0 Å². The van der Waals surface area contributed by atoms with E-state index in [1.807, 2.05) is 55.8 Å². The van der Waals surface area contributed by atoms with Crippen LogP contribution in [0.4, 0.5) is 0 Å². The lowest BCUT2D eigenvalue weighted by atomic mass is 9.95. The zero-order valence-electron chi connectivity index (χ0n) is 17.6. The summed E-state index contributed by atoms with van der Waals surface area (Å²) in [7, 11) is 1.95. The van der Waals surface area contributed by atoms with Crippen molar-refractivity contribution < 1.29 is 5.11 Å². The summed E-state index contributed by atoms with van der Waals surface area (Å²) >= 11 is 0. The van der Waals surface area contributed by atoms with Crippen LogP contribution in [-0.4, -0.2) is 38.4 Å². The molecule has 0 radical (unpaired) electrons. The number of rotatable bonds is 6. The summed E-state index contributed by atoms with van der Waals surface area (Å²) in [5, 5.41) is 26.1. The summed E-state index contributed by atoms with van der Waals surface area (Å²) in [5.41, 5.74) is -0.110. The fourth-order valence-corrected chi connectivity index (χ4v) is 3.49. The van der Waals surface area contributed by atoms with E-state index in [1.165, 1.54) is 19.3 Å². The molecular formula is C21H33IN6O. The highest BCUT2D eigenvalue weighted by atomic mass is 127. The molecule has 0 bridgehead atoms. The number of hydrogen-bond acceptors (Lipinski definition) is 4. The second-order valence-corrected chi connectivity index (χ2v) is 7.86. The van der Waals surface area contributed by atoms with Gasteiger partial charge in [0, 0.05) is 13.1 Å². The molecule has 160 valence electrons. The Morgan fingerprint density at radius 2 is 1.90 bits per heavy atom. The van der Waals surface area contributed by atoms with E-state index >= 15 is 0 Å². The lowest BCUT2D eigenvalue weighted by Crippen LogP contribution is -2.48. The highest BCUT2D eigenvalue weighted by Crippen LogP contribution is 2.20. The molecule has 1 aliphatic rings. The minimum atomic E-state index is -0.988. The Hall–Kier alpha value is -1.68. The van der Waals surface area contributed by atoms with Crippen molar-refractivity contribution in [1.82, 2.24) is 25.4 Å². The molecule has 1 atom stereocenters. The minimum Gasteiger partial charge on any atom is -0.384 e. The number of aliphatic hydroxyl groups is 1. The summed E-state index contributed by atoms with van der Waals surface area (Å²) in [4.78, 5) is 4.72. The first-order valence-electron chi connectivity index (χ1n) is 10.1. The molecule has 3 rings (SSSR count). The Balaban J connectivity index is 0.00000300. The molecule has 1 fully saturated rings. The quantitative estimate of drug-likeness (QED) is 0.315. The Morgan fingerprint density at radius 3 is 2.52 bits per heavy atom. The maximum absolute atomic E-state index is 10.9. The fourth-order valence-electron chi connectivity index (χ4n) is 3.49. The van der Waals surface area contributed by atoms with Crippen molar-refractivity contribution in [3.63, 3.8) is 0 Å². The first-order valence-corrected chi connectivity index (χ1v) is 10.1. The van der Waals surface area contributed by atoms with E-state index in [0.717, 1.165) is 30.1 Å². The van der Waals surface area contributed by atoms with Crippen molar-refractivity contribution in [2.24, 2.45) is 12.0 Å². The van der Waals surface area contributed by atoms with Crippen LogP contribution in [0.3, 0.4) is 0 Å². The minimum absolute atomic E-state index is 0. The van der Waals surface area contributed by atoms with Gasteiger partial charge < -0.3 is 20.3 Å². The average Bonchev–Trinajstić information content (AvgIpc) is 3.03. The molecule has 7 nitrogen and oxygen atoms in total. The van der Waals surface area contributed by atoms with Crippen LogP contribution < -0.4 is 10.6 Å². The molecule has 1 aromatic carbocycles. The van der Waals surface area contributed by atoms with E-state index in [4.69, 9.17) is 4.99 Å². The number of aryl methyl sites for hydroxylation is 1. The number of benzene rings is 1. The van der Waals surface area contributed by atoms with Crippen molar-refractivity contribution >= 4 is 29.9 Å². The molecule has 1 heterocycles. The zero-order chi connectivity index (χ0) is 20.0. The molecule has 3 N–H and O–H groups in total. The van der Waals surface area contributed by atoms with Gasteiger partial charge >= 0.3 is 0 Å². The van der Waals surface area contributed by atoms with Gasteiger partial charge in [-0.15, -0.1) is 34.2 Å². The van der Waals surface area contributed by atoms with Gasteiger partial charge in [-0.25, -0.2) is 4.99 Å². The highest BCUT2D eigenvalue weighted by Gasteiger charge is 2.24. The second kappa shape index (κ2) is 10.9. The summed E-state index contributed by atoms with van der Waals surface area (Å²) < 4.78 is 1.95. The Morgan fingerprint density at radius 1 is 1.21 bits per heavy atom. The molecule has 1 aliphatic carbocycles. The number of guanidine groups is 1. The van der Waals surface area contributed by atoms with Crippen LogP contribution in [0.5, 0.6) is 0 Å². The van der Waals surface area contributed by atoms with Gasteiger partial charge in [0.15, 0.2) is 11.8 Å². The summed E-state index contributed by atoms with van der Waals surface area (Å²) in [5.74, 6) is 2.40. The molecule has 2 aromatic rings. The van der Waals surface area contributed by atoms with Crippen molar-refractivity contribution in [2.75, 3.05) is 6.54 Å². The number of nitrogens with zero attached hydrogens (tertiary/aromatic N) is 4. The van der Waals surface area contributed by atoms with Crippen LogP contribution in [-0.2, 0) is 19.2 Å². The molecule has 8 heteroatoms. The monoisotopic (exact) mass is 512 g/mol. The molecule has 0 amide bonds. The predicted molar refractivity (Wildman–Crippen MR) is 126 cm³/mol. The molecule has 0 aliphatic heterocycles. The summed E-state index contributed by atoms with van der Waals surface area (Å²) in [6, 6.07) is 10.1. The third-order valence-electron chi connectivity index (χ3n) is 5.50. The fraction of sp³-hybridized carbons (Fsp3) is 0.571. The number of halogens is 1. The molecular weight excluding hydrogens is 479 g/mol. The standard InChI is InChI=1S/C21H32N6O.HI/c1-16-25-26-19(27(16)3)14-22-20(24-18-12-8-5-9-13-18)23-15-21(2,28)17-10-6-4-7-11-17;/h4,6-7,10-11,18,28H,5,8-9,12-15H2,1-3H3,(H2,22,23,24);1H. The molecule has 1 unspecified atom stereocenters. The van der Waals surface area contributed by atoms with Gasteiger partial charge in [-0.3, -0.25) is 0 Å². The number of aromatic nitrogens is 3. The van der Waals surface area contributed by atoms with Gasteiger partial charge in [0.25, 0.3) is 0 Å². The second-order valence-electron chi connectivity index (χ2n) is 7.86. The Labute approximate surface area is 190 Å². The van der Waals surface area contributed by atoms with E-state index in [9.17, 15) is 5.11 Å². The van der Waals surface area contributed by atoms with Crippen molar-refractivity contribution in [3.8, 4) is 0 Å². The number of aliphatic imine (C=N–C) groups is 1. The normalized spacial score (nSPS) is 17.3. The molecule has 1 saturated carbocycles. The summed E-state index contributed by atoms with van der Waals surface area (Å²) in [6.45, 7) is 4.55. The van der Waals surface area contributed by atoms with Crippen LogP contribution in [0.25, 0.3) is 0 Å². The van der Waals surface area contributed by atoms with Crippen molar-refractivity contribution in [3.05, 3.63) is 47.5 Å². The molecule has 29 heavy (non-hydrogen) atoms. The number of nitrogens with one attached hydrogen (secondary N) is 2. The Bertz CT molecular complexity index is 784. The highest BCUT2D eigenvalue weighted by molar-refractivity contribution is 14.0. The van der Waals surface area contributed by atoms with E-state index in [2.05, 4.69) is 20.8 Å². The third kappa shape index (κ3) is 6.67. The van der Waals surface area contributed by atoms with Gasteiger partial charge in [0.05, 0.1) is 6.54 Å². The van der Waals surface area contributed by atoms with Crippen LogP contribution in [0.15, 0.2) is 35.3 Å². The molecule has 0 spiro atoms. The molecule has 0 saturated heterocycles. The largest absolute Gasteiger partial charge is 0.384 e. The lowest BCUT2D eigenvalue weighted by molar-refractivity contribution is 0.0616. The summed E-state index contributed by atoms with van der Waals surface area (Å²) in [6.07, 6.45) is 6.10. The average molecular weight is 512 g/mol. The molecule has 1 aromatic heterocycles. The van der Waals surface area contributed by atoms with Crippen LogP contribution >= 0.6 is 24.0 Å². The maximum Gasteiger partial charge on any atom is 0.192 e. The first kappa shape index (κ1) is 23.6. The third-order valence-corrected chi connectivity index (χ3v) is 5.50. The maximum atomic E-state index is 10.9.